The molecule has 1 unspecified atom stereocenters. The van der Waals surface area contributed by atoms with Gasteiger partial charge in [-0.3, -0.25) is 4.79 Å². The van der Waals surface area contributed by atoms with Gasteiger partial charge in [0.15, 0.2) is 9.84 Å². The van der Waals surface area contributed by atoms with Crippen molar-refractivity contribution >= 4 is 21.6 Å². The Balaban J connectivity index is 2.15. The predicted octanol–water partition coefficient (Wildman–Crippen LogP) is 0.948. The maximum Gasteiger partial charge on any atom is 0.272 e. The number of amides is 1. The first-order valence-electron chi connectivity index (χ1n) is 7.54. The van der Waals surface area contributed by atoms with Gasteiger partial charge in [0, 0.05) is 25.2 Å². The molecule has 1 amide bonds. The number of nitrogens with one attached hydrogen (secondary N) is 1. The molecule has 1 aliphatic rings. The number of rotatable bonds is 6. The van der Waals surface area contributed by atoms with Gasteiger partial charge < -0.3 is 10.2 Å². The minimum Gasteiger partial charge on any atom is -0.370 e. The lowest BCUT2D eigenvalue weighted by Crippen LogP contribution is -2.41. The molecule has 1 saturated heterocycles. The molecule has 1 atom stereocenters. The van der Waals surface area contributed by atoms with Crippen LogP contribution in [0.15, 0.2) is 12.4 Å². The van der Waals surface area contributed by atoms with Gasteiger partial charge in [-0.1, -0.05) is 6.92 Å². The van der Waals surface area contributed by atoms with E-state index in [-0.39, 0.29) is 23.5 Å². The van der Waals surface area contributed by atoms with E-state index in [2.05, 4.69) is 15.3 Å². The van der Waals surface area contributed by atoms with Crippen LogP contribution in [0.1, 0.15) is 37.2 Å². The molecule has 1 aromatic rings. The molecule has 7 nitrogen and oxygen atoms in total. The fourth-order valence-electron chi connectivity index (χ4n) is 2.56. The van der Waals surface area contributed by atoms with E-state index < -0.39 is 9.84 Å². The summed E-state index contributed by atoms with van der Waals surface area (Å²) < 4.78 is 23.2. The average molecular weight is 326 g/mol. The van der Waals surface area contributed by atoms with Crippen molar-refractivity contribution < 1.29 is 13.2 Å². The molecule has 8 heteroatoms. The Bertz CT molecular complexity index is 633. The van der Waals surface area contributed by atoms with Crippen LogP contribution in [0.3, 0.4) is 0 Å². The first-order chi connectivity index (χ1) is 10.5. The highest BCUT2D eigenvalue weighted by molar-refractivity contribution is 7.91. The number of carbonyl (C=O) groups excluding carboxylic acids is 1. The second kappa shape index (κ2) is 7.04. The Morgan fingerprint density at radius 3 is 2.77 bits per heavy atom. The first-order valence-corrected chi connectivity index (χ1v) is 9.36. The molecule has 122 valence electrons. The van der Waals surface area contributed by atoms with Gasteiger partial charge in [-0.25, -0.2) is 18.4 Å². The van der Waals surface area contributed by atoms with Crippen LogP contribution in [0.4, 0.5) is 5.82 Å². The van der Waals surface area contributed by atoms with Gasteiger partial charge in [0.05, 0.1) is 11.5 Å². The minimum absolute atomic E-state index is 0.0403. The zero-order valence-corrected chi connectivity index (χ0v) is 13.8. The van der Waals surface area contributed by atoms with Crippen LogP contribution in [-0.4, -0.2) is 59.8 Å². The molecule has 1 aliphatic heterocycles. The maximum absolute atomic E-state index is 12.6. The average Bonchev–Trinajstić information content (AvgIpc) is 2.86. The summed E-state index contributed by atoms with van der Waals surface area (Å²) in [5, 5.41) is 3.11. The number of anilines is 1. The van der Waals surface area contributed by atoms with Crippen LogP contribution in [0, 0.1) is 0 Å². The fraction of sp³-hybridized carbons (Fsp3) is 0.643. The van der Waals surface area contributed by atoms with E-state index >= 15 is 0 Å². The second-order valence-corrected chi connectivity index (χ2v) is 7.59. The minimum atomic E-state index is -3.03. The highest BCUT2D eigenvalue weighted by atomic mass is 32.2. The highest BCUT2D eigenvalue weighted by Gasteiger charge is 2.34. The standard InChI is InChI=1S/C14H22N4O3S/c1-3-6-15-13-8-12(16-10-17-13)14(19)18(4-2)11-5-7-22(20,21)9-11/h8,10-11H,3-7,9H2,1-2H3,(H,15,16,17). The molecular weight excluding hydrogens is 304 g/mol. The van der Waals surface area contributed by atoms with Gasteiger partial charge in [-0.05, 0) is 19.8 Å². The molecular formula is C14H22N4O3S. The lowest BCUT2D eigenvalue weighted by molar-refractivity contribution is 0.0702. The fourth-order valence-corrected chi connectivity index (χ4v) is 4.29. The summed E-state index contributed by atoms with van der Waals surface area (Å²) in [5.41, 5.74) is 0.291. The van der Waals surface area contributed by atoms with Gasteiger partial charge in [-0.2, -0.15) is 0 Å². The zero-order chi connectivity index (χ0) is 16.2. The number of hydrogen-bond donors (Lipinski definition) is 1. The molecule has 0 bridgehead atoms. The summed E-state index contributed by atoms with van der Waals surface area (Å²) in [6.07, 6.45) is 2.80. The number of carbonyl (C=O) groups is 1. The normalized spacial score (nSPS) is 19.8. The smallest absolute Gasteiger partial charge is 0.272 e. The molecule has 1 fully saturated rings. The third-order valence-corrected chi connectivity index (χ3v) is 5.44. The first kappa shape index (κ1) is 16.7. The van der Waals surface area contributed by atoms with E-state index in [1.54, 1.807) is 11.0 Å². The summed E-state index contributed by atoms with van der Waals surface area (Å²) in [7, 11) is -3.03. The number of hydrogen-bond acceptors (Lipinski definition) is 6. The van der Waals surface area contributed by atoms with Gasteiger partial charge in [0.1, 0.15) is 17.8 Å². The van der Waals surface area contributed by atoms with E-state index in [0.717, 1.165) is 13.0 Å². The quantitative estimate of drug-likeness (QED) is 0.836. The van der Waals surface area contributed by atoms with Crippen molar-refractivity contribution in [3.05, 3.63) is 18.1 Å². The second-order valence-electron chi connectivity index (χ2n) is 5.36. The van der Waals surface area contributed by atoms with Crippen LogP contribution in [0.5, 0.6) is 0 Å². The molecule has 0 aromatic carbocycles. The molecule has 22 heavy (non-hydrogen) atoms. The SMILES string of the molecule is CCCNc1cc(C(=O)N(CC)C2CCS(=O)(=O)C2)ncn1. The van der Waals surface area contributed by atoms with Crippen LogP contribution >= 0.6 is 0 Å². The molecule has 2 rings (SSSR count). The summed E-state index contributed by atoms with van der Waals surface area (Å²) in [6.45, 7) is 5.11. The predicted molar refractivity (Wildman–Crippen MR) is 84.6 cm³/mol. The Morgan fingerprint density at radius 2 is 2.18 bits per heavy atom. The molecule has 2 heterocycles. The number of aromatic nitrogens is 2. The molecule has 0 saturated carbocycles. The summed E-state index contributed by atoms with van der Waals surface area (Å²) in [4.78, 5) is 22.3. The molecule has 0 radical (unpaired) electrons. The third kappa shape index (κ3) is 3.94. The van der Waals surface area contributed by atoms with E-state index in [1.165, 1.54) is 6.33 Å². The van der Waals surface area contributed by atoms with Crippen molar-refractivity contribution in [1.82, 2.24) is 14.9 Å². The summed E-state index contributed by atoms with van der Waals surface area (Å²) in [6, 6.07) is 1.36. The van der Waals surface area contributed by atoms with E-state index in [9.17, 15) is 13.2 Å². The molecule has 0 spiro atoms. The topological polar surface area (TPSA) is 92.3 Å². The molecule has 1 aromatic heterocycles. The molecule has 1 N–H and O–H groups in total. The van der Waals surface area contributed by atoms with E-state index in [4.69, 9.17) is 0 Å². The molecule has 0 aliphatic carbocycles. The lowest BCUT2D eigenvalue weighted by Gasteiger charge is -2.26. The highest BCUT2D eigenvalue weighted by Crippen LogP contribution is 2.19. The van der Waals surface area contributed by atoms with Crippen molar-refractivity contribution in [3.8, 4) is 0 Å². The number of nitrogens with zero attached hydrogens (tertiary/aromatic N) is 3. The van der Waals surface area contributed by atoms with E-state index in [0.29, 0.717) is 24.5 Å². The van der Waals surface area contributed by atoms with Crippen molar-refractivity contribution in [3.63, 3.8) is 0 Å². The van der Waals surface area contributed by atoms with Crippen LogP contribution in [0.25, 0.3) is 0 Å². The Labute approximate surface area is 131 Å². The van der Waals surface area contributed by atoms with Crippen molar-refractivity contribution in [2.75, 3.05) is 29.9 Å². The van der Waals surface area contributed by atoms with Crippen molar-refractivity contribution in [2.45, 2.75) is 32.7 Å². The maximum atomic E-state index is 12.6. The zero-order valence-electron chi connectivity index (χ0n) is 12.9. The van der Waals surface area contributed by atoms with Gasteiger partial charge >= 0.3 is 0 Å². The van der Waals surface area contributed by atoms with Crippen molar-refractivity contribution in [1.29, 1.82) is 0 Å². The summed E-state index contributed by atoms with van der Waals surface area (Å²) in [5.74, 6) is 0.550. The monoisotopic (exact) mass is 326 g/mol. The Hall–Kier alpha value is -1.70. The van der Waals surface area contributed by atoms with Crippen LogP contribution in [0.2, 0.25) is 0 Å². The van der Waals surface area contributed by atoms with Gasteiger partial charge in [0.2, 0.25) is 0 Å². The Morgan fingerprint density at radius 1 is 1.41 bits per heavy atom. The van der Waals surface area contributed by atoms with Crippen molar-refractivity contribution in [2.24, 2.45) is 0 Å². The Kier molecular flexibility index (Phi) is 5.33. The third-order valence-electron chi connectivity index (χ3n) is 3.69. The largest absolute Gasteiger partial charge is 0.370 e. The summed E-state index contributed by atoms with van der Waals surface area (Å²) >= 11 is 0. The number of sulfone groups is 1. The van der Waals surface area contributed by atoms with Gasteiger partial charge in [-0.15, -0.1) is 0 Å². The van der Waals surface area contributed by atoms with E-state index in [1.807, 2.05) is 13.8 Å². The van der Waals surface area contributed by atoms with Gasteiger partial charge in [0.25, 0.3) is 5.91 Å². The lowest BCUT2D eigenvalue weighted by atomic mass is 10.2. The van der Waals surface area contributed by atoms with Crippen LogP contribution < -0.4 is 5.32 Å². The van der Waals surface area contributed by atoms with Crippen LogP contribution in [-0.2, 0) is 9.84 Å².